The first kappa shape index (κ1) is 13.1. The number of ether oxygens (including phenoxy) is 1. The van der Waals surface area contributed by atoms with Crippen molar-refractivity contribution in [1.82, 2.24) is 5.32 Å². The first-order chi connectivity index (χ1) is 8.57. The Morgan fingerprint density at radius 2 is 1.89 bits per heavy atom. The number of carbonyl (C=O) groups is 1. The summed E-state index contributed by atoms with van der Waals surface area (Å²) in [6.07, 6.45) is 1.44. The fourth-order valence-electron chi connectivity index (χ4n) is 2.74. The predicted molar refractivity (Wildman–Crippen MR) is 71.5 cm³/mol. The average molecular weight is 247 g/mol. The van der Waals surface area contributed by atoms with Gasteiger partial charge < -0.3 is 4.74 Å². The molecule has 0 saturated carbocycles. The van der Waals surface area contributed by atoms with Crippen LogP contribution >= 0.6 is 0 Å². The Labute approximate surface area is 109 Å². The second-order valence-electron chi connectivity index (χ2n) is 5.22. The van der Waals surface area contributed by atoms with E-state index < -0.39 is 5.54 Å². The van der Waals surface area contributed by atoms with Gasteiger partial charge in [0.15, 0.2) is 0 Å². The van der Waals surface area contributed by atoms with Gasteiger partial charge in [-0.1, -0.05) is 24.3 Å². The van der Waals surface area contributed by atoms with Gasteiger partial charge >= 0.3 is 5.97 Å². The number of nitrogens with one attached hydrogen (secondary N) is 1. The van der Waals surface area contributed by atoms with Crippen LogP contribution in [0.1, 0.15) is 31.9 Å². The van der Waals surface area contributed by atoms with Crippen LogP contribution in [0.4, 0.5) is 0 Å². The van der Waals surface area contributed by atoms with Gasteiger partial charge in [-0.3, -0.25) is 10.1 Å². The van der Waals surface area contributed by atoms with Crippen molar-refractivity contribution in [1.29, 1.82) is 0 Å². The molecule has 1 aromatic rings. The molecule has 18 heavy (non-hydrogen) atoms. The first-order valence-corrected chi connectivity index (χ1v) is 6.59. The van der Waals surface area contributed by atoms with E-state index in [0.29, 0.717) is 6.61 Å². The summed E-state index contributed by atoms with van der Waals surface area (Å²) in [6.45, 7) is 6.40. The van der Waals surface area contributed by atoms with Gasteiger partial charge in [0.1, 0.15) is 5.54 Å². The lowest BCUT2D eigenvalue weighted by Crippen LogP contribution is -2.56. The molecular weight excluding hydrogens is 226 g/mol. The van der Waals surface area contributed by atoms with E-state index in [-0.39, 0.29) is 12.0 Å². The highest BCUT2D eigenvalue weighted by Crippen LogP contribution is 2.31. The Bertz CT molecular complexity index is 415. The molecule has 1 aromatic carbocycles. The number of carbonyl (C=O) groups excluding carboxylic acids is 1. The van der Waals surface area contributed by atoms with E-state index in [0.717, 1.165) is 12.8 Å². The number of rotatable bonds is 4. The molecule has 0 amide bonds. The number of esters is 1. The molecule has 0 radical (unpaired) electrons. The van der Waals surface area contributed by atoms with Crippen LogP contribution in [0, 0.1) is 0 Å². The lowest BCUT2D eigenvalue weighted by molar-refractivity contribution is -0.151. The van der Waals surface area contributed by atoms with E-state index in [1.54, 1.807) is 0 Å². The fourth-order valence-corrected chi connectivity index (χ4v) is 2.74. The van der Waals surface area contributed by atoms with Crippen LogP contribution in [-0.2, 0) is 22.4 Å². The summed E-state index contributed by atoms with van der Waals surface area (Å²) in [7, 11) is 0. The Morgan fingerprint density at radius 3 is 2.33 bits per heavy atom. The second kappa shape index (κ2) is 5.11. The third-order valence-corrected chi connectivity index (χ3v) is 3.33. The van der Waals surface area contributed by atoms with Crippen LogP contribution < -0.4 is 5.32 Å². The molecular formula is C15H21NO2. The molecule has 1 aliphatic rings. The van der Waals surface area contributed by atoms with E-state index in [1.165, 1.54) is 11.1 Å². The molecule has 0 fully saturated rings. The van der Waals surface area contributed by atoms with Crippen LogP contribution in [-0.4, -0.2) is 24.2 Å². The zero-order valence-corrected chi connectivity index (χ0v) is 11.3. The van der Waals surface area contributed by atoms with Gasteiger partial charge in [-0.2, -0.15) is 0 Å². The summed E-state index contributed by atoms with van der Waals surface area (Å²) >= 11 is 0. The highest BCUT2D eigenvalue weighted by molar-refractivity contribution is 5.83. The quantitative estimate of drug-likeness (QED) is 0.828. The van der Waals surface area contributed by atoms with Crippen molar-refractivity contribution in [2.45, 2.75) is 45.2 Å². The van der Waals surface area contributed by atoms with Gasteiger partial charge in [0.25, 0.3) is 0 Å². The summed E-state index contributed by atoms with van der Waals surface area (Å²) in [5.74, 6) is -0.130. The summed E-state index contributed by atoms with van der Waals surface area (Å²) < 4.78 is 5.26. The molecule has 0 atom stereocenters. The summed E-state index contributed by atoms with van der Waals surface area (Å²) in [5, 5.41) is 3.41. The van der Waals surface area contributed by atoms with Crippen molar-refractivity contribution in [2.75, 3.05) is 6.61 Å². The molecule has 0 unspecified atom stereocenters. The zero-order chi connectivity index (χ0) is 13.2. The van der Waals surface area contributed by atoms with Crippen LogP contribution in [0.3, 0.4) is 0 Å². The second-order valence-corrected chi connectivity index (χ2v) is 5.22. The SMILES string of the molecule is CCOC(=O)C1(NC(C)C)Cc2ccccc2C1. The van der Waals surface area contributed by atoms with Crippen molar-refractivity contribution >= 4 is 5.97 Å². The van der Waals surface area contributed by atoms with Gasteiger partial charge in [0, 0.05) is 18.9 Å². The van der Waals surface area contributed by atoms with Crippen molar-refractivity contribution in [3.8, 4) is 0 Å². The molecule has 3 nitrogen and oxygen atoms in total. The molecule has 2 rings (SSSR count). The third-order valence-electron chi connectivity index (χ3n) is 3.33. The third kappa shape index (κ3) is 2.41. The number of benzene rings is 1. The molecule has 1 N–H and O–H groups in total. The van der Waals surface area contributed by atoms with Crippen molar-refractivity contribution in [3.05, 3.63) is 35.4 Å². The maximum absolute atomic E-state index is 12.3. The van der Waals surface area contributed by atoms with Crippen molar-refractivity contribution in [3.63, 3.8) is 0 Å². The molecule has 3 heteroatoms. The smallest absolute Gasteiger partial charge is 0.327 e. The lowest BCUT2D eigenvalue weighted by Gasteiger charge is -2.30. The van der Waals surface area contributed by atoms with Crippen molar-refractivity contribution in [2.24, 2.45) is 0 Å². The highest BCUT2D eigenvalue weighted by atomic mass is 16.5. The normalized spacial score (nSPS) is 16.7. The Morgan fingerprint density at radius 1 is 1.33 bits per heavy atom. The van der Waals surface area contributed by atoms with E-state index in [2.05, 4.69) is 31.3 Å². The molecule has 1 aliphatic carbocycles. The van der Waals surface area contributed by atoms with Crippen LogP contribution in [0.25, 0.3) is 0 Å². The van der Waals surface area contributed by atoms with Gasteiger partial charge in [-0.15, -0.1) is 0 Å². The van der Waals surface area contributed by atoms with Crippen LogP contribution in [0.15, 0.2) is 24.3 Å². The molecule has 0 aromatic heterocycles. The Balaban J connectivity index is 2.27. The van der Waals surface area contributed by atoms with E-state index >= 15 is 0 Å². The standard InChI is InChI=1S/C15H21NO2/c1-4-18-14(17)15(16-11(2)3)9-12-7-5-6-8-13(12)10-15/h5-8,11,16H,4,9-10H2,1-3H3. The predicted octanol–water partition coefficient (Wildman–Crippen LogP) is 2.09. The minimum atomic E-state index is -0.576. The highest BCUT2D eigenvalue weighted by Gasteiger charge is 2.45. The van der Waals surface area contributed by atoms with Crippen LogP contribution in [0.5, 0.6) is 0 Å². The average Bonchev–Trinajstić information content (AvgIpc) is 2.67. The summed E-state index contributed by atoms with van der Waals surface area (Å²) in [4.78, 5) is 12.3. The van der Waals surface area contributed by atoms with Crippen molar-refractivity contribution < 1.29 is 9.53 Å². The lowest BCUT2D eigenvalue weighted by atomic mass is 9.94. The summed E-state index contributed by atoms with van der Waals surface area (Å²) in [5.41, 5.74) is 1.92. The zero-order valence-electron chi connectivity index (χ0n) is 11.3. The Kier molecular flexibility index (Phi) is 3.71. The van der Waals surface area contributed by atoms with Gasteiger partial charge in [0.2, 0.25) is 0 Å². The number of hydrogen-bond acceptors (Lipinski definition) is 3. The first-order valence-electron chi connectivity index (χ1n) is 6.59. The number of hydrogen-bond donors (Lipinski definition) is 1. The molecule has 0 aliphatic heterocycles. The van der Waals surface area contributed by atoms with E-state index in [9.17, 15) is 4.79 Å². The number of fused-ring (bicyclic) bond motifs is 1. The molecule has 0 bridgehead atoms. The largest absolute Gasteiger partial charge is 0.465 e. The maximum atomic E-state index is 12.3. The minimum Gasteiger partial charge on any atom is -0.465 e. The van der Waals surface area contributed by atoms with Crippen LogP contribution in [0.2, 0.25) is 0 Å². The van der Waals surface area contributed by atoms with Gasteiger partial charge in [-0.05, 0) is 31.9 Å². The fraction of sp³-hybridized carbons (Fsp3) is 0.533. The molecule has 0 heterocycles. The minimum absolute atomic E-state index is 0.130. The molecule has 98 valence electrons. The van der Waals surface area contributed by atoms with Gasteiger partial charge in [-0.25, -0.2) is 0 Å². The summed E-state index contributed by atoms with van der Waals surface area (Å²) in [6, 6.07) is 8.49. The Hall–Kier alpha value is -1.35. The molecule has 0 spiro atoms. The van der Waals surface area contributed by atoms with E-state index in [1.807, 2.05) is 19.1 Å². The van der Waals surface area contributed by atoms with E-state index in [4.69, 9.17) is 4.74 Å². The molecule has 0 saturated heterocycles. The monoisotopic (exact) mass is 247 g/mol. The van der Waals surface area contributed by atoms with Gasteiger partial charge in [0.05, 0.1) is 6.61 Å². The topological polar surface area (TPSA) is 38.3 Å². The maximum Gasteiger partial charge on any atom is 0.327 e.